The molecule has 2 aromatic carbocycles. The molecule has 1 heterocycles. The summed E-state index contributed by atoms with van der Waals surface area (Å²) in [5.41, 5.74) is 8.49. The van der Waals surface area contributed by atoms with E-state index in [2.05, 4.69) is 16.2 Å². The van der Waals surface area contributed by atoms with E-state index < -0.39 is 0 Å². The van der Waals surface area contributed by atoms with Crippen LogP contribution in [-0.2, 0) is 0 Å². The van der Waals surface area contributed by atoms with E-state index in [1.54, 1.807) is 24.1 Å². The van der Waals surface area contributed by atoms with Crippen molar-refractivity contribution < 1.29 is 9.18 Å². The molecular formula is C22H28ClFN4O. The zero-order valence-electron chi connectivity index (χ0n) is 16.8. The van der Waals surface area contributed by atoms with Gasteiger partial charge in [0.2, 0.25) is 0 Å². The van der Waals surface area contributed by atoms with Gasteiger partial charge < -0.3 is 10.2 Å². The van der Waals surface area contributed by atoms with Crippen molar-refractivity contribution in [2.45, 2.75) is 44.3 Å². The van der Waals surface area contributed by atoms with Gasteiger partial charge in [0, 0.05) is 30.7 Å². The molecule has 29 heavy (non-hydrogen) atoms. The molecule has 0 aliphatic carbocycles. The highest BCUT2D eigenvalue weighted by Gasteiger charge is 2.25. The number of nitrogens with one attached hydrogen (secondary N) is 3. The van der Waals surface area contributed by atoms with Gasteiger partial charge in [-0.15, -0.1) is 0 Å². The highest BCUT2D eigenvalue weighted by molar-refractivity contribution is 6.30. The Morgan fingerprint density at radius 2 is 2.03 bits per heavy atom. The third-order valence-electron chi connectivity index (χ3n) is 5.34. The molecule has 0 saturated carbocycles. The van der Waals surface area contributed by atoms with Crippen molar-refractivity contribution in [2.75, 3.05) is 13.6 Å². The number of carbonyl (C=O) groups is 1. The maximum atomic E-state index is 13.4. The molecule has 5 nitrogen and oxygen atoms in total. The smallest absolute Gasteiger partial charge is 0.317 e. The van der Waals surface area contributed by atoms with E-state index in [1.807, 2.05) is 37.3 Å². The lowest BCUT2D eigenvalue weighted by Crippen LogP contribution is -2.39. The molecule has 1 aliphatic heterocycles. The number of amides is 2. The molecule has 3 atom stereocenters. The average molecular weight is 419 g/mol. The number of urea groups is 1. The summed E-state index contributed by atoms with van der Waals surface area (Å²) >= 11 is 5.91. The van der Waals surface area contributed by atoms with Gasteiger partial charge in [0.25, 0.3) is 0 Å². The number of hydrogen-bond donors (Lipinski definition) is 3. The Balaban J connectivity index is 1.38. The third kappa shape index (κ3) is 6.16. The molecule has 0 spiro atoms. The number of carbonyl (C=O) groups excluding carboxylic acids is 1. The van der Waals surface area contributed by atoms with Gasteiger partial charge in [0.05, 0.1) is 6.04 Å². The predicted octanol–water partition coefficient (Wildman–Crippen LogP) is 4.57. The lowest BCUT2D eigenvalue weighted by Gasteiger charge is -2.22. The highest BCUT2D eigenvalue weighted by Crippen LogP contribution is 2.24. The fraction of sp³-hybridized carbons (Fsp3) is 0.409. The van der Waals surface area contributed by atoms with E-state index in [9.17, 15) is 9.18 Å². The van der Waals surface area contributed by atoms with Crippen LogP contribution in [-0.4, -0.2) is 30.6 Å². The van der Waals surface area contributed by atoms with Crippen molar-refractivity contribution in [1.82, 2.24) is 21.1 Å². The van der Waals surface area contributed by atoms with E-state index in [0.717, 1.165) is 30.4 Å². The summed E-state index contributed by atoms with van der Waals surface area (Å²) in [6, 6.07) is 14.4. The maximum absolute atomic E-state index is 13.4. The maximum Gasteiger partial charge on any atom is 0.317 e. The number of halogens is 2. The lowest BCUT2D eigenvalue weighted by molar-refractivity contribution is 0.204. The lowest BCUT2D eigenvalue weighted by atomic mass is 9.99. The van der Waals surface area contributed by atoms with E-state index in [1.165, 1.54) is 6.07 Å². The molecule has 3 N–H and O–H groups in total. The van der Waals surface area contributed by atoms with Crippen LogP contribution >= 0.6 is 11.6 Å². The summed E-state index contributed by atoms with van der Waals surface area (Å²) in [6.07, 6.45) is 2.71. The molecular weight excluding hydrogens is 391 g/mol. The first-order valence-corrected chi connectivity index (χ1v) is 10.3. The van der Waals surface area contributed by atoms with Crippen LogP contribution in [0.15, 0.2) is 48.5 Å². The molecule has 2 aromatic rings. The van der Waals surface area contributed by atoms with Crippen molar-refractivity contribution in [2.24, 2.45) is 0 Å². The summed E-state index contributed by atoms with van der Waals surface area (Å²) < 4.78 is 13.4. The van der Waals surface area contributed by atoms with Gasteiger partial charge >= 0.3 is 6.03 Å². The summed E-state index contributed by atoms with van der Waals surface area (Å²) in [5.74, 6) is -0.215. The zero-order chi connectivity index (χ0) is 20.8. The first-order chi connectivity index (χ1) is 13.9. The van der Waals surface area contributed by atoms with Crippen molar-refractivity contribution in [1.29, 1.82) is 0 Å². The second kappa shape index (κ2) is 10.1. The molecule has 3 unspecified atom stereocenters. The van der Waals surface area contributed by atoms with Gasteiger partial charge in [-0.1, -0.05) is 35.9 Å². The first-order valence-electron chi connectivity index (χ1n) is 9.96. The van der Waals surface area contributed by atoms with Crippen LogP contribution < -0.4 is 16.2 Å². The monoisotopic (exact) mass is 418 g/mol. The van der Waals surface area contributed by atoms with E-state index in [-0.39, 0.29) is 23.9 Å². The zero-order valence-corrected chi connectivity index (χ0v) is 17.5. The minimum atomic E-state index is -0.215. The average Bonchev–Trinajstić information content (AvgIpc) is 3.17. The molecule has 1 saturated heterocycles. The summed E-state index contributed by atoms with van der Waals surface area (Å²) in [7, 11) is 1.81. The minimum Gasteiger partial charge on any atom is -0.331 e. The molecule has 0 aromatic heterocycles. The van der Waals surface area contributed by atoms with E-state index in [4.69, 9.17) is 11.6 Å². The standard InChI is InChI=1S/C22H28ClFN4O/c1-15(16-8-10-18(23)11-9-16)25-22(29)28(2)12-4-7-20-14-21(27-26-20)17-5-3-6-19(24)13-17/h3,5-6,8-11,13,15,20-21,26-27H,4,7,12,14H2,1-2H3,(H,25,29). The van der Waals surface area contributed by atoms with E-state index in [0.29, 0.717) is 17.6 Å². The van der Waals surface area contributed by atoms with Gasteiger partial charge in [-0.25, -0.2) is 9.18 Å². The normalized spacial score (nSPS) is 19.7. The van der Waals surface area contributed by atoms with Crippen LogP contribution in [0.4, 0.5) is 9.18 Å². The molecule has 1 fully saturated rings. The number of rotatable bonds is 7. The van der Waals surface area contributed by atoms with Crippen LogP contribution in [0.2, 0.25) is 5.02 Å². The fourth-order valence-corrected chi connectivity index (χ4v) is 3.69. The molecule has 2 amide bonds. The van der Waals surface area contributed by atoms with Gasteiger partial charge in [-0.2, -0.15) is 0 Å². The van der Waals surface area contributed by atoms with Crippen molar-refractivity contribution >= 4 is 17.6 Å². The number of benzene rings is 2. The number of nitrogens with zero attached hydrogens (tertiary/aromatic N) is 1. The van der Waals surface area contributed by atoms with Gasteiger partial charge in [0.1, 0.15) is 5.82 Å². The Morgan fingerprint density at radius 3 is 2.76 bits per heavy atom. The quantitative estimate of drug-likeness (QED) is 0.617. The minimum absolute atomic E-state index is 0.0880. The third-order valence-corrected chi connectivity index (χ3v) is 5.59. The predicted molar refractivity (Wildman–Crippen MR) is 114 cm³/mol. The molecule has 0 radical (unpaired) electrons. The number of hydrogen-bond acceptors (Lipinski definition) is 3. The topological polar surface area (TPSA) is 56.4 Å². The van der Waals surface area contributed by atoms with E-state index >= 15 is 0 Å². The van der Waals surface area contributed by atoms with Crippen LogP contribution in [0.3, 0.4) is 0 Å². The second-order valence-electron chi connectivity index (χ2n) is 7.62. The molecule has 156 valence electrons. The fourth-order valence-electron chi connectivity index (χ4n) is 3.56. The molecule has 0 bridgehead atoms. The Kier molecular flexibility index (Phi) is 7.47. The second-order valence-corrected chi connectivity index (χ2v) is 8.05. The van der Waals surface area contributed by atoms with Crippen LogP contribution in [0.5, 0.6) is 0 Å². The molecule has 7 heteroatoms. The van der Waals surface area contributed by atoms with Gasteiger partial charge in [-0.3, -0.25) is 10.9 Å². The summed E-state index contributed by atoms with van der Waals surface area (Å²) in [6.45, 7) is 2.62. The van der Waals surface area contributed by atoms with Crippen LogP contribution in [0.1, 0.15) is 49.4 Å². The van der Waals surface area contributed by atoms with Gasteiger partial charge in [-0.05, 0) is 61.6 Å². The molecule has 3 rings (SSSR count). The highest BCUT2D eigenvalue weighted by atomic mass is 35.5. The Hall–Kier alpha value is -2.15. The number of hydrazine groups is 1. The Labute approximate surface area is 176 Å². The summed E-state index contributed by atoms with van der Waals surface area (Å²) in [5, 5.41) is 3.69. The summed E-state index contributed by atoms with van der Waals surface area (Å²) in [4.78, 5) is 14.1. The van der Waals surface area contributed by atoms with Crippen molar-refractivity contribution in [3.63, 3.8) is 0 Å². The largest absolute Gasteiger partial charge is 0.331 e. The van der Waals surface area contributed by atoms with Crippen LogP contribution in [0, 0.1) is 5.82 Å². The Morgan fingerprint density at radius 1 is 1.28 bits per heavy atom. The van der Waals surface area contributed by atoms with Crippen molar-refractivity contribution in [3.8, 4) is 0 Å². The van der Waals surface area contributed by atoms with Crippen LogP contribution in [0.25, 0.3) is 0 Å². The van der Waals surface area contributed by atoms with Gasteiger partial charge in [0.15, 0.2) is 0 Å². The van der Waals surface area contributed by atoms with Crippen molar-refractivity contribution in [3.05, 3.63) is 70.5 Å². The SMILES string of the molecule is CC(NC(=O)N(C)CCCC1CC(c2cccc(F)c2)NN1)c1ccc(Cl)cc1. The first kappa shape index (κ1) is 21.6. The molecule has 1 aliphatic rings. The Bertz CT molecular complexity index is 817.